The van der Waals surface area contributed by atoms with Crippen LogP contribution in [0.2, 0.25) is 5.02 Å². The molecular weight excluding hydrogens is 452 g/mol. The molecule has 0 bridgehead atoms. The second-order valence-corrected chi connectivity index (χ2v) is 8.16. The number of fused-ring (bicyclic) bond motifs is 1. The minimum absolute atomic E-state index is 0.153. The predicted molar refractivity (Wildman–Crippen MR) is 124 cm³/mol. The van der Waals surface area contributed by atoms with Crippen LogP contribution in [-0.2, 0) is 17.1 Å². The quantitative estimate of drug-likeness (QED) is 0.406. The van der Waals surface area contributed by atoms with Crippen molar-refractivity contribution in [2.45, 2.75) is 12.3 Å². The number of hydrogen-bond acceptors (Lipinski definition) is 7. The fourth-order valence-electron chi connectivity index (χ4n) is 3.05. The standard InChI is InChI=1S/C21H19ClN6O3S/c1-31-16-9-5-4-8-15(16)23-18(29)12-32-11-17-24-20-19(21(30)25-17)26-27-28(20)10-13-6-2-3-7-14(13)22/h2-9H,10-12H2,1H3,(H,23,29)(H,24,25,30). The van der Waals surface area contributed by atoms with Crippen LogP contribution < -0.4 is 15.6 Å². The SMILES string of the molecule is COc1ccccc1NC(=O)CSCc1nc2c(nnn2Cc2ccccc2Cl)c(=O)[nH]1. The van der Waals surface area contributed by atoms with Gasteiger partial charge in [-0.2, -0.15) is 0 Å². The maximum absolute atomic E-state index is 12.4. The van der Waals surface area contributed by atoms with Gasteiger partial charge in [0.1, 0.15) is 11.6 Å². The molecule has 0 aliphatic carbocycles. The van der Waals surface area contributed by atoms with Crippen LogP contribution in [0, 0.1) is 0 Å². The van der Waals surface area contributed by atoms with Crippen LogP contribution in [0.15, 0.2) is 53.3 Å². The topological polar surface area (TPSA) is 115 Å². The summed E-state index contributed by atoms with van der Waals surface area (Å²) in [6.07, 6.45) is 0. The molecule has 0 aliphatic rings. The molecule has 2 heterocycles. The van der Waals surface area contributed by atoms with E-state index in [-0.39, 0.29) is 22.7 Å². The lowest BCUT2D eigenvalue weighted by Gasteiger charge is -2.09. The molecule has 11 heteroatoms. The van der Waals surface area contributed by atoms with Gasteiger partial charge in [-0.1, -0.05) is 47.1 Å². The number of carbonyl (C=O) groups excluding carboxylic acids is 1. The number of aromatic nitrogens is 5. The Bertz CT molecular complexity index is 1320. The number of nitrogens with zero attached hydrogens (tertiary/aromatic N) is 4. The number of benzene rings is 2. The highest BCUT2D eigenvalue weighted by molar-refractivity contribution is 7.99. The largest absolute Gasteiger partial charge is 0.495 e. The molecule has 0 aliphatic heterocycles. The highest BCUT2D eigenvalue weighted by Gasteiger charge is 2.14. The number of anilines is 1. The van der Waals surface area contributed by atoms with E-state index >= 15 is 0 Å². The zero-order valence-corrected chi connectivity index (χ0v) is 18.6. The summed E-state index contributed by atoms with van der Waals surface area (Å²) in [6, 6.07) is 14.6. The second kappa shape index (κ2) is 9.84. The van der Waals surface area contributed by atoms with E-state index in [1.165, 1.54) is 16.4 Å². The molecule has 0 radical (unpaired) electrons. The lowest BCUT2D eigenvalue weighted by Crippen LogP contribution is -2.16. The van der Waals surface area contributed by atoms with Gasteiger partial charge in [-0.15, -0.1) is 16.9 Å². The highest BCUT2D eigenvalue weighted by atomic mass is 35.5. The lowest BCUT2D eigenvalue weighted by atomic mass is 10.2. The van der Waals surface area contributed by atoms with Gasteiger partial charge in [0.15, 0.2) is 11.2 Å². The molecule has 0 unspecified atom stereocenters. The molecule has 2 N–H and O–H groups in total. The van der Waals surface area contributed by atoms with E-state index in [4.69, 9.17) is 16.3 Å². The summed E-state index contributed by atoms with van der Waals surface area (Å²) in [5.41, 5.74) is 1.58. The van der Waals surface area contributed by atoms with Gasteiger partial charge in [0.25, 0.3) is 5.56 Å². The highest BCUT2D eigenvalue weighted by Crippen LogP contribution is 2.23. The van der Waals surface area contributed by atoms with Gasteiger partial charge in [-0.3, -0.25) is 9.59 Å². The zero-order chi connectivity index (χ0) is 22.5. The number of ether oxygens (including phenoxy) is 1. The van der Waals surface area contributed by atoms with Crippen LogP contribution in [0.1, 0.15) is 11.4 Å². The van der Waals surface area contributed by atoms with Crippen molar-refractivity contribution in [3.63, 3.8) is 0 Å². The van der Waals surface area contributed by atoms with E-state index in [0.29, 0.717) is 40.2 Å². The molecule has 0 saturated carbocycles. The average Bonchev–Trinajstić information content (AvgIpc) is 3.19. The first-order valence-corrected chi connectivity index (χ1v) is 11.1. The molecule has 2 aromatic heterocycles. The molecule has 0 spiro atoms. The Morgan fingerprint density at radius 2 is 2.00 bits per heavy atom. The third-order valence-electron chi connectivity index (χ3n) is 4.55. The number of para-hydroxylation sites is 2. The Morgan fingerprint density at radius 3 is 2.81 bits per heavy atom. The predicted octanol–water partition coefficient (Wildman–Crippen LogP) is 3.10. The monoisotopic (exact) mass is 470 g/mol. The van der Waals surface area contributed by atoms with E-state index in [1.54, 1.807) is 25.3 Å². The van der Waals surface area contributed by atoms with Crippen molar-refractivity contribution in [3.8, 4) is 5.75 Å². The van der Waals surface area contributed by atoms with E-state index in [2.05, 4.69) is 25.6 Å². The molecule has 4 rings (SSSR count). The number of methoxy groups -OCH3 is 1. The normalized spacial score (nSPS) is 10.9. The summed E-state index contributed by atoms with van der Waals surface area (Å²) in [6.45, 7) is 0.334. The number of aromatic amines is 1. The Hall–Kier alpha value is -3.37. The molecular formula is C21H19ClN6O3S. The summed E-state index contributed by atoms with van der Waals surface area (Å²) in [5, 5.41) is 11.4. The molecule has 0 atom stereocenters. The minimum atomic E-state index is -0.380. The minimum Gasteiger partial charge on any atom is -0.495 e. The van der Waals surface area contributed by atoms with Crippen molar-refractivity contribution >= 4 is 46.1 Å². The van der Waals surface area contributed by atoms with Crippen LogP contribution in [-0.4, -0.2) is 43.7 Å². The van der Waals surface area contributed by atoms with Crippen LogP contribution in [0.5, 0.6) is 5.75 Å². The van der Waals surface area contributed by atoms with Crippen LogP contribution in [0.4, 0.5) is 5.69 Å². The van der Waals surface area contributed by atoms with Gasteiger partial charge in [-0.25, -0.2) is 9.67 Å². The Kier molecular flexibility index (Phi) is 6.72. The Balaban J connectivity index is 1.44. The molecule has 9 nitrogen and oxygen atoms in total. The first-order valence-electron chi connectivity index (χ1n) is 9.61. The summed E-state index contributed by atoms with van der Waals surface area (Å²) >= 11 is 7.55. The van der Waals surface area contributed by atoms with Crippen molar-refractivity contribution in [3.05, 3.63) is 75.3 Å². The number of nitrogens with one attached hydrogen (secondary N) is 2. The summed E-state index contributed by atoms with van der Waals surface area (Å²) in [7, 11) is 1.54. The third-order valence-corrected chi connectivity index (χ3v) is 5.87. The van der Waals surface area contributed by atoms with Crippen molar-refractivity contribution in [2.24, 2.45) is 0 Å². The number of thioether (sulfide) groups is 1. The fraction of sp³-hybridized carbons (Fsp3) is 0.190. The summed E-state index contributed by atoms with van der Waals surface area (Å²) in [4.78, 5) is 31.9. The third kappa shape index (κ3) is 4.92. The van der Waals surface area contributed by atoms with Crippen LogP contribution >= 0.6 is 23.4 Å². The fourth-order valence-corrected chi connectivity index (χ4v) is 3.93. The van der Waals surface area contributed by atoms with Crippen LogP contribution in [0.3, 0.4) is 0 Å². The number of rotatable bonds is 8. The second-order valence-electron chi connectivity index (χ2n) is 6.76. The summed E-state index contributed by atoms with van der Waals surface area (Å²) < 4.78 is 6.77. The molecule has 164 valence electrons. The smallest absolute Gasteiger partial charge is 0.281 e. The van der Waals surface area contributed by atoms with Crippen molar-refractivity contribution in [1.29, 1.82) is 0 Å². The molecule has 4 aromatic rings. The lowest BCUT2D eigenvalue weighted by molar-refractivity contribution is -0.113. The zero-order valence-electron chi connectivity index (χ0n) is 17.0. The number of amides is 1. The van der Waals surface area contributed by atoms with Gasteiger partial charge < -0.3 is 15.0 Å². The van der Waals surface area contributed by atoms with Gasteiger partial charge >= 0.3 is 0 Å². The summed E-state index contributed by atoms with van der Waals surface area (Å²) in [5.74, 6) is 1.34. The van der Waals surface area contributed by atoms with Gasteiger partial charge in [0, 0.05) is 5.02 Å². The number of carbonyl (C=O) groups is 1. The van der Waals surface area contributed by atoms with Gasteiger partial charge in [0.05, 0.1) is 30.8 Å². The maximum Gasteiger partial charge on any atom is 0.281 e. The van der Waals surface area contributed by atoms with E-state index in [9.17, 15) is 9.59 Å². The number of hydrogen-bond donors (Lipinski definition) is 2. The molecule has 1 amide bonds. The van der Waals surface area contributed by atoms with Crippen molar-refractivity contribution in [2.75, 3.05) is 18.2 Å². The van der Waals surface area contributed by atoms with E-state index < -0.39 is 0 Å². The first kappa shape index (κ1) is 21.8. The van der Waals surface area contributed by atoms with Crippen molar-refractivity contribution < 1.29 is 9.53 Å². The van der Waals surface area contributed by atoms with Gasteiger partial charge in [0.2, 0.25) is 5.91 Å². The van der Waals surface area contributed by atoms with Gasteiger partial charge in [-0.05, 0) is 23.8 Å². The molecule has 2 aromatic carbocycles. The molecule has 0 fully saturated rings. The van der Waals surface area contributed by atoms with E-state index in [0.717, 1.165) is 5.56 Å². The first-order chi connectivity index (χ1) is 15.5. The number of halogens is 1. The van der Waals surface area contributed by atoms with Crippen LogP contribution in [0.25, 0.3) is 11.2 Å². The van der Waals surface area contributed by atoms with Crippen molar-refractivity contribution in [1.82, 2.24) is 25.0 Å². The Labute approximate surface area is 192 Å². The molecule has 32 heavy (non-hydrogen) atoms. The Morgan fingerprint density at radius 1 is 1.22 bits per heavy atom. The van der Waals surface area contributed by atoms with E-state index in [1.807, 2.05) is 30.3 Å². The maximum atomic E-state index is 12.4. The average molecular weight is 471 g/mol. The number of H-pyrrole nitrogens is 1. The molecule has 0 saturated heterocycles.